The molecule has 1 saturated heterocycles. The molecule has 0 bridgehead atoms. The molecule has 164 valence electrons. The lowest BCUT2D eigenvalue weighted by Gasteiger charge is -2.34. The van der Waals surface area contributed by atoms with Crippen LogP contribution in [-0.4, -0.2) is 56.7 Å². The first-order valence-corrected chi connectivity index (χ1v) is 11.9. The van der Waals surface area contributed by atoms with Crippen molar-refractivity contribution in [2.24, 2.45) is 0 Å². The first kappa shape index (κ1) is 20.8. The monoisotopic (exact) mass is 445 g/mol. The molecule has 0 radical (unpaired) electrons. The Labute approximate surface area is 192 Å². The molecule has 32 heavy (non-hydrogen) atoms. The Bertz CT molecular complexity index is 1240. The highest BCUT2D eigenvalue weighted by molar-refractivity contribution is 7.09. The second-order valence-corrected chi connectivity index (χ2v) is 9.44. The van der Waals surface area contributed by atoms with E-state index in [0.717, 1.165) is 60.6 Å². The molecule has 4 aromatic rings. The van der Waals surface area contributed by atoms with Crippen molar-refractivity contribution >= 4 is 28.3 Å². The fourth-order valence-corrected chi connectivity index (χ4v) is 5.20. The van der Waals surface area contributed by atoms with E-state index in [2.05, 4.69) is 58.6 Å². The van der Waals surface area contributed by atoms with Crippen LogP contribution in [0.5, 0.6) is 0 Å². The third-order valence-electron chi connectivity index (χ3n) is 6.11. The summed E-state index contributed by atoms with van der Waals surface area (Å²) in [6.07, 6.45) is 1.81. The Morgan fingerprint density at radius 1 is 1.06 bits per heavy atom. The topological polar surface area (TPSA) is 54.3 Å². The van der Waals surface area contributed by atoms with Crippen LogP contribution >= 0.6 is 11.3 Å². The normalized spacial score (nSPS) is 14.9. The summed E-state index contributed by atoms with van der Waals surface area (Å²) in [4.78, 5) is 23.4. The zero-order valence-corrected chi connectivity index (χ0v) is 19.3. The largest absolute Gasteiger partial charge is 0.339 e. The van der Waals surface area contributed by atoms with Gasteiger partial charge in [-0.15, -0.1) is 11.3 Å². The minimum absolute atomic E-state index is 0.105. The summed E-state index contributed by atoms with van der Waals surface area (Å²) in [6.45, 7) is 8.59. The molecule has 5 rings (SSSR count). The van der Waals surface area contributed by atoms with Gasteiger partial charge in [-0.05, 0) is 42.5 Å². The first-order valence-electron chi connectivity index (χ1n) is 11.0. The maximum atomic E-state index is 13.1. The van der Waals surface area contributed by atoms with Crippen molar-refractivity contribution in [1.82, 2.24) is 24.6 Å². The number of benzene rings is 1. The van der Waals surface area contributed by atoms with Gasteiger partial charge in [-0.2, -0.15) is 5.10 Å². The molecule has 1 amide bonds. The van der Waals surface area contributed by atoms with Crippen LogP contribution in [0, 0.1) is 13.8 Å². The lowest BCUT2D eigenvalue weighted by molar-refractivity contribution is -0.133. The minimum Gasteiger partial charge on any atom is -0.339 e. The van der Waals surface area contributed by atoms with E-state index in [1.165, 1.54) is 10.4 Å². The first-order chi connectivity index (χ1) is 15.6. The zero-order valence-electron chi connectivity index (χ0n) is 18.5. The van der Waals surface area contributed by atoms with Crippen molar-refractivity contribution in [3.8, 4) is 11.1 Å². The molecule has 1 fully saturated rings. The van der Waals surface area contributed by atoms with Crippen LogP contribution in [0.2, 0.25) is 0 Å². The van der Waals surface area contributed by atoms with Gasteiger partial charge in [0.25, 0.3) is 0 Å². The van der Waals surface area contributed by atoms with Gasteiger partial charge in [-0.25, -0.2) is 9.67 Å². The van der Waals surface area contributed by atoms with Crippen LogP contribution < -0.4 is 0 Å². The van der Waals surface area contributed by atoms with Crippen LogP contribution in [0.25, 0.3) is 22.2 Å². The van der Waals surface area contributed by atoms with E-state index in [-0.39, 0.29) is 12.5 Å². The highest BCUT2D eigenvalue weighted by atomic mass is 32.1. The Hall–Kier alpha value is -3.03. The third-order valence-corrected chi connectivity index (χ3v) is 6.97. The number of pyridine rings is 1. The number of carbonyl (C=O) groups is 1. The standard InChI is InChI=1S/C25H27N5OS/c1-18-5-3-6-20(15-18)22-8-9-26-25-24(22)19(2)27-30(25)17-23(31)29-12-10-28(11-13-29)16-21-7-4-14-32-21/h3-9,14-15H,10-13,16-17H2,1-2H3. The molecular weight excluding hydrogens is 418 g/mol. The smallest absolute Gasteiger partial charge is 0.244 e. The fourth-order valence-electron chi connectivity index (χ4n) is 4.45. The van der Waals surface area contributed by atoms with Crippen molar-refractivity contribution in [3.63, 3.8) is 0 Å². The van der Waals surface area contributed by atoms with E-state index in [9.17, 15) is 4.79 Å². The number of aromatic nitrogens is 3. The highest BCUT2D eigenvalue weighted by Gasteiger charge is 2.23. The Morgan fingerprint density at radius 3 is 2.66 bits per heavy atom. The maximum absolute atomic E-state index is 13.1. The molecule has 0 saturated carbocycles. The molecule has 0 N–H and O–H groups in total. The van der Waals surface area contributed by atoms with Gasteiger partial charge in [0.2, 0.25) is 5.91 Å². The number of carbonyl (C=O) groups excluding carboxylic acids is 1. The molecule has 0 atom stereocenters. The third kappa shape index (κ3) is 4.18. The lowest BCUT2D eigenvalue weighted by Crippen LogP contribution is -2.49. The lowest BCUT2D eigenvalue weighted by atomic mass is 10.0. The van der Waals surface area contributed by atoms with Crippen molar-refractivity contribution in [3.05, 3.63) is 70.2 Å². The number of rotatable bonds is 5. The van der Waals surface area contributed by atoms with Crippen LogP contribution in [-0.2, 0) is 17.9 Å². The minimum atomic E-state index is 0.105. The second kappa shape index (κ2) is 8.84. The molecule has 7 heteroatoms. The van der Waals surface area contributed by atoms with Crippen LogP contribution in [0.4, 0.5) is 0 Å². The van der Waals surface area contributed by atoms with Crippen LogP contribution in [0.15, 0.2) is 54.0 Å². The predicted octanol–water partition coefficient (Wildman–Crippen LogP) is 4.12. The van der Waals surface area contributed by atoms with Gasteiger partial charge >= 0.3 is 0 Å². The number of piperazine rings is 1. The van der Waals surface area contributed by atoms with Gasteiger partial charge in [0, 0.05) is 49.2 Å². The summed E-state index contributed by atoms with van der Waals surface area (Å²) in [6, 6.07) is 14.7. The molecule has 0 aliphatic carbocycles. The Kier molecular flexibility index (Phi) is 5.76. The van der Waals surface area contributed by atoms with E-state index >= 15 is 0 Å². The maximum Gasteiger partial charge on any atom is 0.244 e. The average Bonchev–Trinajstić information content (AvgIpc) is 3.42. The average molecular weight is 446 g/mol. The number of nitrogens with zero attached hydrogens (tertiary/aromatic N) is 5. The van der Waals surface area contributed by atoms with E-state index in [1.54, 1.807) is 16.0 Å². The number of hydrogen-bond donors (Lipinski definition) is 0. The number of amides is 1. The van der Waals surface area contributed by atoms with Gasteiger partial charge in [0.05, 0.1) is 5.69 Å². The molecular formula is C25H27N5OS. The zero-order chi connectivity index (χ0) is 22.1. The number of aryl methyl sites for hydroxylation is 2. The molecule has 4 heterocycles. The Balaban J connectivity index is 1.31. The molecule has 3 aromatic heterocycles. The van der Waals surface area contributed by atoms with Gasteiger partial charge in [0.15, 0.2) is 5.65 Å². The number of hydrogen-bond acceptors (Lipinski definition) is 5. The highest BCUT2D eigenvalue weighted by Crippen LogP contribution is 2.30. The fraction of sp³-hybridized carbons (Fsp3) is 0.320. The van der Waals surface area contributed by atoms with Gasteiger partial charge in [-0.1, -0.05) is 35.9 Å². The van der Waals surface area contributed by atoms with E-state index in [0.29, 0.717) is 0 Å². The van der Waals surface area contributed by atoms with E-state index < -0.39 is 0 Å². The molecule has 6 nitrogen and oxygen atoms in total. The summed E-state index contributed by atoms with van der Waals surface area (Å²) < 4.78 is 1.77. The van der Waals surface area contributed by atoms with Crippen molar-refractivity contribution in [1.29, 1.82) is 0 Å². The van der Waals surface area contributed by atoms with Crippen molar-refractivity contribution in [2.45, 2.75) is 26.9 Å². The van der Waals surface area contributed by atoms with Crippen molar-refractivity contribution < 1.29 is 4.79 Å². The van der Waals surface area contributed by atoms with Gasteiger partial charge in [-0.3, -0.25) is 9.69 Å². The molecule has 0 spiro atoms. The van der Waals surface area contributed by atoms with Crippen LogP contribution in [0.3, 0.4) is 0 Å². The molecule has 1 aliphatic heterocycles. The summed E-state index contributed by atoms with van der Waals surface area (Å²) in [5.41, 5.74) is 5.14. The molecule has 1 aliphatic rings. The predicted molar refractivity (Wildman–Crippen MR) is 129 cm³/mol. The second-order valence-electron chi connectivity index (χ2n) is 8.41. The summed E-state index contributed by atoms with van der Waals surface area (Å²) >= 11 is 1.79. The summed E-state index contributed by atoms with van der Waals surface area (Å²) in [7, 11) is 0. The quantitative estimate of drug-likeness (QED) is 0.464. The van der Waals surface area contributed by atoms with Crippen molar-refractivity contribution in [2.75, 3.05) is 26.2 Å². The van der Waals surface area contributed by atoms with E-state index in [1.807, 2.05) is 24.1 Å². The van der Waals surface area contributed by atoms with Gasteiger partial charge in [0.1, 0.15) is 6.54 Å². The van der Waals surface area contributed by atoms with Crippen LogP contribution in [0.1, 0.15) is 16.1 Å². The molecule has 1 aromatic carbocycles. The van der Waals surface area contributed by atoms with Gasteiger partial charge < -0.3 is 4.90 Å². The Morgan fingerprint density at radius 2 is 1.91 bits per heavy atom. The number of fused-ring (bicyclic) bond motifs is 1. The SMILES string of the molecule is Cc1cccc(-c2ccnc3c2c(C)nn3CC(=O)N2CCN(Cc3cccs3)CC2)c1. The number of thiophene rings is 1. The molecule has 0 unspecified atom stereocenters. The van der Waals surface area contributed by atoms with E-state index in [4.69, 9.17) is 5.10 Å². The summed E-state index contributed by atoms with van der Waals surface area (Å²) in [5.74, 6) is 0.105. The summed E-state index contributed by atoms with van der Waals surface area (Å²) in [5, 5.41) is 7.83.